The van der Waals surface area contributed by atoms with Crippen LogP contribution < -0.4 is 0 Å². The zero-order chi connectivity index (χ0) is 12.1. The molecule has 0 saturated carbocycles. The largest absolute Gasteiger partial charge is 0.286 e. The van der Waals surface area contributed by atoms with Crippen molar-refractivity contribution < 1.29 is 13.0 Å². The summed E-state index contributed by atoms with van der Waals surface area (Å²) in [4.78, 5) is 4.00. The van der Waals surface area contributed by atoms with Crippen molar-refractivity contribution >= 4 is 16.3 Å². The quantitative estimate of drug-likeness (QED) is 0.442. The summed E-state index contributed by atoms with van der Waals surface area (Å²) >= 11 is 0. The standard InChI is InChI=1S/C11H17NO3S/c1-2-11(6-8-12-9-7-11)5-3-4-10-16(13,14)15/h2,6,8-9H,1,3-5,7,10H2,(H,13,14,15). The predicted molar refractivity (Wildman–Crippen MR) is 65.1 cm³/mol. The van der Waals surface area contributed by atoms with Crippen LogP contribution in [0.4, 0.5) is 0 Å². The fourth-order valence-corrected chi connectivity index (χ4v) is 2.29. The summed E-state index contributed by atoms with van der Waals surface area (Å²) < 4.78 is 29.7. The lowest BCUT2D eigenvalue weighted by Crippen LogP contribution is -2.17. The van der Waals surface area contributed by atoms with Crippen LogP contribution in [0.1, 0.15) is 25.7 Å². The van der Waals surface area contributed by atoms with Gasteiger partial charge in [-0.3, -0.25) is 9.55 Å². The van der Waals surface area contributed by atoms with Gasteiger partial charge in [-0.1, -0.05) is 18.6 Å². The van der Waals surface area contributed by atoms with Crippen molar-refractivity contribution in [2.75, 3.05) is 5.75 Å². The molecule has 0 amide bonds. The van der Waals surface area contributed by atoms with Gasteiger partial charge in [0, 0.05) is 17.8 Å². The summed E-state index contributed by atoms with van der Waals surface area (Å²) in [5.41, 5.74) is -0.0963. The molecule has 0 aromatic carbocycles. The molecule has 1 atom stereocenters. The number of allylic oxidation sites excluding steroid dienone is 2. The van der Waals surface area contributed by atoms with Gasteiger partial charge in [0.15, 0.2) is 0 Å². The van der Waals surface area contributed by atoms with Crippen molar-refractivity contribution in [3.8, 4) is 0 Å². The van der Waals surface area contributed by atoms with Crippen LogP contribution in [-0.4, -0.2) is 24.9 Å². The SMILES string of the molecule is C=CC1(CCCCS(=O)(=O)O)C=CN=CC1. The van der Waals surface area contributed by atoms with Crippen LogP contribution in [0.15, 0.2) is 29.9 Å². The van der Waals surface area contributed by atoms with Gasteiger partial charge in [0.2, 0.25) is 0 Å². The highest BCUT2D eigenvalue weighted by Crippen LogP contribution is 2.33. The molecule has 1 rings (SSSR count). The van der Waals surface area contributed by atoms with Crippen molar-refractivity contribution in [2.45, 2.75) is 25.7 Å². The molecule has 0 aromatic heterocycles. The van der Waals surface area contributed by atoms with E-state index < -0.39 is 10.1 Å². The Kier molecular flexibility index (Phi) is 4.44. The first-order valence-electron chi connectivity index (χ1n) is 5.26. The lowest BCUT2D eigenvalue weighted by molar-refractivity contribution is 0.439. The first-order valence-corrected chi connectivity index (χ1v) is 6.86. The minimum atomic E-state index is -3.82. The van der Waals surface area contributed by atoms with Gasteiger partial charge in [-0.05, 0) is 19.3 Å². The van der Waals surface area contributed by atoms with Crippen molar-refractivity contribution in [3.05, 3.63) is 24.9 Å². The normalized spacial score (nSPS) is 24.6. The highest BCUT2D eigenvalue weighted by Gasteiger charge is 2.23. The first kappa shape index (κ1) is 13.1. The number of aliphatic imine (C=N–C) groups is 1. The summed E-state index contributed by atoms with van der Waals surface area (Å²) in [5, 5.41) is 0. The molecule has 1 aliphatic heterocycles. The number of hydrogen-bond acceptors (Lipinski definition) is 3. The van der Waals surface area contributed by atoms with Crippen molar-refractivity contribution in [1.82, 2.24) is 0 Å². The number of hydrogen-bond donors (Lipinski definition) is 1. The van der Waals surface area contributed by atoms with Gasteiger partial charge in [-0.2, -0.15) is 8.42 Å². The molecule has 16 heavy (non-hydrogen) atoms. The van der Waals surface area contributed by atoms with Crippen LogP contribution >= 0.6 is 0 Å². The van der Waals surface area contributed by atoms with E-state index in [-0.39, 0.29) is 11.2 Å². The van der Waals surface area contributed by atoms with Crippen LogP contribution in [0.5, 0.6) is 0 Å². The number of rotatable bonds is 6. The molecule has 1 aliphatic rings. The topological polar surface area (TPSA) is 66.7 Å². The van der Waals surface area contributed by atoms with Crippen LogP contribution in [0.3, 0.4) is 0 Å². The summed E-state index contributed by atoms with van der Waals surface area (Å²) in [6.07, 6.45) is 10.3. The van der Waals surface area contributed by atoms with Gasteiger partial charge in [0.25, 0.3) is 10.1 Å². The molecule has 4 nitrogen and oxygen atoms in total. The lowest BCUT2D eigenvalue weighted by atomic mass is 9.79. The van der Waals surface area contributed by atoms with E-state index in [1.807, 2.05) is 18.4 Å². The number of nitrogens with zero attached hydrogens (tertiary/aromatic N) is 1. The Balaban J connectivity index is 2.39. The first-order chi connectivity index (χ1) is 7.47. The summed E-state index contributed by atoms with van der Waals surface area (Å²) in [6.45, 7) is 3.80. The molecule has 1 heterocycles. The van der Waals surface area contributed by atoms with E-state index in [2.05, 4.69) is 11.6 Å². The molecular formula is C11H17NO3S. The van der Waals surface area contributed by atoms with Gasteiger partial charge in [0.05, 0.1) is 5.75 Å². The minimum absolute atomic E-state index is 0.0963. The molecule has 90 valence electrons. The Bertz CT molecular complexity index is 397. The second kappa shape index (κ2) is 5.41. The molecule has 0 radical (unpaired) electrons. The molecule has 1 N–H and O–H groups in total. The highest BCUT2D eigenvalue weighted by molar-refractivity contribution is 7.85. The maximum absolute atomic E-state index is 10.5. The van der Waals surface area contributed by atoms with Gasteiger partial charge >= 0.3 is 0 Å². The molecular weight excluding hydrogens is 226 g/mol. The zero-order valence-electron chi connectivity index (χ0n) is 9.17. The van der Waals surface area contributed by atoms with Crippen LogP contribution in [-0.2, 0) is 10.1 Å². The second-order valence-corrected chi connectivity index (χ2v) is 5.60. The fraction of sp³-hybridized carbons (Fsp3) is 0.545. The van der Waals surface area contributed by atoms with E-state index in [0.29, 0.717) is 6.42 Å². The maximum Gasteiger partial charge on any atom is 0.264 e. The van der Waals surface area contributed by atoms with Crippen molar-refractivity contribution in [1.29, 1.82) is 0 Å². The summed E-state index contributed by atoms with van der Waals surface area (Å²) in [6, 6.07) is 0. The molecule has 5 heteroatoms. The fourth-order valence-electron chi connectivity index (χ4n) is 1.72. The molecule has 0 saturated heterocycles. The molecule has 0 spiro atoms. The summed E-state index contributed by atoms with van der Waals surface area (Å²) in [5.74, 6) is -0.169. The third-order valence-corrected chi connectivity index (χ3v) is 3.57. The van der Waals surface area contributed by atoms with Gasteiger partial charge in [-0.25, -0.2) is 0 Å². The third kappa shape index (κ3) is 4.28. The Hall–Kier alpha value is -0.940. The number of unbranched alkanes of at least 4 members (excludes halogenated alkanes) is 1. The maximum atomic E-state index is 10.5. The van der Waals surface area contributed by atoms with Crippen LogP contribution in [0, 0.1) is 5.41 Å². The Labute approximate surface area is 96.5 Å². The van der Waals surface area contributed by atoms with Crippen LogP contribution in [0.25, 0.3) is 0 Å². The van der Waals surface area contributed by atoms with E-state index in [1.54, 1.807) is 6.20 Å². The minimum Gasteiger partial charge on any atom is -0.286 e. The monoisotopic (exact) mass is 243 g/mol. The van der Waals surface area contributed by atoms with E-state index in [9.17, 15) is 8.42 Å². The molecule has 1 unspecified atom stereocenters. The Morgan fingerprint density at radius 3 is 2.75 bits per heavy atom. The van der Waals surface area contributed by atoms with E-state index >= 15 is 0 Å². The lowest BCUT2D eigenvalue weighted by Gasteiger charge is -2.26. The molecule has 0 fully saturated rings. The molecule has 0 aliphatic carbocycles. The second-order valence-electron chi connectivity index (χ2n) is 4.03. The smallest absolute Gasteiger partial charge is 0.264 e. The van der Waals surface area contributed by atoms with Crippen LogP contribution in [0.2, 0.25) is 0 Å². The third-order valence-electron chi connectivity index (χ3n) is 2.77. The molecule has 0 aromatic rings. The van der Waals surface area contributed by atoms with Gasteiger partial charge in [-0.15, -0.1) is 6.58 Å². The van der Waals surface area contributed by atoms with Crippen molar-refractivity contribution in [2.24, 2.45) is 10.4 Å². The average molecular weight is 243 g/mol. The summed E-state index contributed by atoms with van der Waals surface area (Å²) in [7, 11) is -3.82. The molecule has 0 bridgehead atoms. The average Bonchev–Trinajstić information content (AvgIpc) is 2.25. The van der Waals surface area contributed by atoms with E-state index in [0.717, 1.165) is 19.3 Å². The van der Waals surface area contributed by atoms with E-state index in [4.69, 9.17) is 4.55 Å². The highest BCUT2D eigenvalue weighted by atomic mass is 32.2. The van der Waals surface area contributed by atoms with Crippen molar-refractivity contribution in [3.63, 3.8) is 0 Å². The van der Waals surface area contributed by atoms with Gasteiger partial charge in [0.1, 0.15) is 0 Å². The van der Waals surface area contributed by atoms with E-state index in [1.165, 1.54) is 0 Å². The Morgan fingerprint density at radius 2 is 2.25 bits per heavy atom. The predicted octanol–water partition coefficient (Wildman–Crippen LogP) is 2.21. The zero-order valence-corrected chi connectivity index (χ0v) is 9.99. The van der Waals surface area contributed by atoms with Gasteiger partial charge < -0.3 is 0 Å². The Morgan fingerprint density at radius 1 is 1.50 bits per heavy atom.